The molecule has 0 radical (unpaired) electrons. The van der Waals surface area contributed by atoms with Gasteiger partial charge in [-0.3, -0.25) is 0 Å². The molecule has 0 atom stereocenters. The Hall–Kier alpha value is -0.580. The number of methoxy groups -OCH3 is 1. The molecule has 0 aliphatic carbocycles. The van der Waals surface area contributed by atoms with E-state index in [9.17, 15) is 0 Å². The van der Waals surface area contributed by atoms with Crippen LogP contribution in [-0.4, -0.2) is 33.4 Å². The van der Waals surface area contributed by atoms with Crippen LogP contribution in [-0.2, 0) is 11.3 Å². The summed E-state index contributed by atoms with van der Waals surface area (Å²) in [5.74, 6) is 0. The number of ether oxygens (including phenoxy) is 1. The summed E-state index contributed by atoms with van der Waals surface area (Å²) in [6.45, 7) is 9.18. The number of rotatable bonds is 10. The smallest absolute Gasteiger partial charge is 0.0587 e. The summed E-state index contributed by atoms with van der Waals surface area (Å²) in [5.41, 5.74) is 2.60. The van der Waals surface area contributed by atoms with E-state index in [2.05, 4.69) is 58.2 Å². The van der Waals surface area contributed by atoms with Crippen LogP contribution in [0.4, 0.5) is 5.69 Å². The lowest BCUT2D eigenvalue weighted by Crippen LogP contribution is -2.25. The Morgan fingerprint density at radius 2 is 1.90 bits per heavy atom. The molecule has 0 saturated heterocycles. The number of nitrogens with one attached hydrogen (secondary N) is 1. The Bertz CT molecular complexity index is 379. The molecule has 1 rings (SSSR count). The summed E-state index contributed by atoms with van der Waals surface area (Å²) < 4.78 is 6.21. The molecular formula is C16H27BrN2O. The lowest BCUT2D eigenvalue weighted by Gasteiger charge is -2.24. The molecule has 0 spiro atoms. The molecule has 114 valence electrons. The zero-order chi connectivity index (χ0) is 14.8. The summed E-state index contributed by atoms with van der Waals surface area (Å²) in [4.78, 5) is 2.45. The van der Waals surface area contributed by atoms with E-state index < -0.39 is 0 Å². The van der Waals surface area contributed by atoms with Crippen molar-refractivity contribution >= 4 is 21.6 Å². The molecule has 0 aliphatic heterocycles. The molecule has 0 saturated carbocycles. The highest BCUT2D eigenvalue weighted by atomic mass is 79.9. The van der Waals surface area contributed by atoms with E-state index in [0.29, 0.717) is 0 Å². The van der Waals surface area contributed by atoms with Crippen LogP contribution in [0.5, 0.6) is 0 Å². The number of hydrogen-bond donors (Lipinski definition) is 1. The molecule has 3 nitrogen and oxygen atoms in total. The number of nitrogens with zero attached hydrogens (tertiary/aromatic N) is 1. The monoisotopic (exact) mass is 342 g/mol. The summed E-state index contributed by atoms with van der Waals surface area (Å²) in [7, 11) is 1.72. The quantitative estimate of drug-likeness (QED) is 0.654. The van der Waals surface area contributed by atoms with E-state index >= 15 is 0 Å². The first-order valence-corrected chi connectivity index (χ1v) is 8.25. The van der Waals surface area contributed by atoms with Gasteiger partial charge in [-0.2, -0.15) is 0 Å². The van der Waals surface area contributed by atoms with Gasteiger partial charge in [0.05, 0.1) is 6.61 Å². The van der Waals surface area contributed by atoms with Gasteiger partial charge in [-0.15, -0.1) is 0 Å². The molecule has 1 N–H and O–H groups in total. The van der Waals surface area contributed by atoms with Crippen molar-refractivity contribution in [2.75, 3.05) is 38.3 Å². The van der Waals surface area contributed by atoms with Gasteiger partial charge in [0.15, 0.2) is 0 Å². The third-order valence-corrected chi connectivity index (χ3v) is 3.93. The van der Waals surface area contributed by atoms with Crippen LogP contribution in [0.1, 0.15) is 32.3 Å². The van der Waals surface area contributed by atoms with Crippen LogP contribution in [0.25, 0.3) is 0 Å². The summed E-state index contributed by atoms with van der Waals surface area (Å²) in [6.07, 6.45) is 2.36. The lowest BCUT2D eigenvalue weighted by atomic mass is 10.2. The standard InChI is InChI=1S/C16H27BrN2O/c1-4-9-19(10-5-2)15-7-6-14(16(17)12-15)13-18-8-11-20-3/h6-7,12,18H,4-5,8-11,13H2,1-3H3. The minimum absolute atomic E-state index is 0.747. The molecule has 0 heterocycles. The highest BCUT2D eigenvalue weighted by Gasteiger charge is 2.07. The van der Waals surface area contributed by atoms with E-state index in [1.54, 1.807) is 7.11 Å². The average Bonchev–Trinajstić information content (AvgIpc) is 2.45. The zero-order valence-electron chi connectivity index (χ0n) is 12.9. The van der Waals surface area contributed by atoms with Gasteiger partial charge in [0, 0.05) is 43.4 Å². The van der Waals surface area contributed by atoms with Gasteiger partial charge in [-0.05, 0) is 30.5 Å². The first-order valence-electron chi connectivity index (χ1n) is 7.45. The van der Waals surface area contributed by atoms with Crippen molar-refractivity contribution in [3.8, 4) is 0 Å². The third-order valence-electron chi connectivity index (χ3n) is 3.19. The SMILES string of the molecule is CCCN(CCC)c1ccc(CNCCOC)c(Br)c1. The summed E-state index contributed by atoms with van der Waals surface area (Å²) in [6, 6.07) is 6.67. The van der Waals surface area contributed by atoms with Crippen LogP contribution in [0, 0.1) is 0 Å². The lowest BCUT2D eigenvalue weighted by molar-refractivity contribution is 0.199. The number of halogens is 1. The Labute approximate surface area is 131 Å². The Balaban J connectivity index is 2.65. The third kappa shape index (κ3) is 5.81. The fourth-order valence-electron chi connectivity index (χ4n) is 2.18. The number of benzene rings is 1. The minimum Gasteiger partial charge on any atom is -0.383 e. The van der Waals surface area contributed by atoms with Gasteiger partial charge in [-0.25, -0.2) is 0 Å². The highest BCUT2D eigenvalue weighted by molar-refractivity contribution is 9.10. The average molecular weight is 343 g/mol. The van der Waals surface area contributed by atoms with Gasteiger partial charge in [0.1, 0.15) is 0 Å². The Morgan fingerprint density at radius 1 is 1.20 bits per heavy atom. The molecule has 0 bridgehead atoms. The van der Waals surface area contributed by atoms with Crippen LogP contribution >= 0.6 is 15.9 Å². The zero-order valence-corrected chi connectivity index (χ0v) is 14.5. The van der Waals surface area contributed by atoms with E-state index in [-0.39, 0.29) is 0 Å². The van der Waals surface area contributed by atoms with Crippen molar-refractivity contribution in [3.05, 3.63) is 28.2 Å². The fourth-order valence-corrected chi connectivity index (χ4v) is 2.69. The normalized spacial score (nSPS) is 10.8. The summed E-state index contributed by atoms with van der Waals surface area (Å²) >= 11 is 3.69. The topological polar surface area (TPSA) is 24.5 Å². The maximum Gasteiger partial charge on any atom is 0.0587 e. The minimum atomic E-state index is 0.747. The van der Waals surface area contributed by atoms with Crippen molar-refractivity contribution in [2.24, 2.45) is 0 Å². The van der Waals surface area contributed by atoms with Gasteiger partial charge >= 0.3 is 0 Å². The van der Waals surface area contributed by atoms with Crippen LogP contribution in [0.2, 0.25) is 0 Å². The molecule has 0 aromatic heterocycles. The maximum absolute atomic E-state index is 5.03. The fraction of sp³-hybridized carbons (Fsp3) is 0.625. The molecule has 4 heteroatoms. The van der Waals surface area contributed by atoms with Crippen LogP contribution < -0.4 is 10.2 Å². The van der Waals surface area contributed by atoms with E-state index in [0.717, 1.165) is 32.8 Å². The Morgan fingerprint density at radius 3 is 2.45 bits per heavy atom. The molecule has 0 amide bonds. The molecule has 0 aliphatic rings. The molecule has 1 aromatic rings. The van der Waals surface area contributed by atoms with Crippen molar-refractivity contribution < 1.29 is 4.74 Å². The van der Waals surface area contributed by atoms with Crippen molar-refractivity contribution in [3.63, 3.8) is 0 Å². The second kappa shape index (κ2) is 10.2. The predicted molar refractivity (Wildman–Crippen MR) is 90.5 cm³/mol. The van der Waals surface area contributed by atoms with Crippen molar-refractivity contribution in [2.45, 2.75) is 33.2 Å². The van der Waals surface area contributed by atoms with E-state index in [1.165, 1.54) is 28.6 Å². The first-order chi connectivity index (χ1) is 9.72. The van der Waals surface area contributed by atoms with Gasteiger partial charge in [0.2, 0.25) is 0 Å². The van der Waals surface area contributed by atoms with E-state index in [4.69, 9.17) is 4.74 Å². The van der Waals surface area contributed by atoms with Crippen molar-refractivity contribution in [1.29, 1.82) is 0 Å². The number of anilines is 1. The predicted octanol–water partition coefficient (Wildman–Crippen LogP) is 3.81. The van der Waals surface area contributed by atoms with Crippen molar-refractivity contribution in [1.82, 2.24) is 5.32 Å². The van der Waals surface area contributed by atoms with Crippen LogP contribution in [0.15, 0.2) is 22.7 Å². The van der Waals surface area contributed by atoms with Gasteiger partial charge in [-0.1, -0.05) is 35.8 Å². The van der Waals surface area contributed by atoms with E-state index in [1.807, 2.05) is 0 Å². The molecular weight excluding hydrogens is 316 g/mol. The summed E-state index contributed by atoms with van der Waals surface area (Å²) in [5, 5.41) is 3.37. The van der Waals surface area contributed by atoms with Crippen LogP contribution in [0.3, 0.4) is 0 Å². The van der Waals surface area contributed by atoms with Gasteiger partial charge < -0.3 is 15.0 Å². The molecule has 0 unspecified atom stereocenters. The Kier molecular flexibility index (Phi) is 8.90. The number of hydrogen-bond acceptors (Lipinski definition) is 3. The molecule has 0 fully saturated rings. The highest BCUT2D eigenvalue weighted by Crippen LogP contribution is 2.24. The largest absolute Gasteiger partial charge is 0.383 e. The second-order valence-corrected chi connectivity index (χ2v) is 5.79. The first kappa shape index (κ1) is 17.5. The molecule has 1 aromatic carbocycles. The van der Waals surface area contributed by atoms with Gasteiger partial charge in [0.25, 0.3) is 0 Å². The molecule has 20 heavy (non-hydrogen) atoms. The second-order valence-electron chi connectivity index (χ2n) is 4.93. The maximum atomic E-state index is 5.03.